The fraction of sp³-hybridized carbons (Fsp3) is 0.846. The average molecular weight is 323 g/mol. The number of hydrogen-bond acceptors (Lipinski definition) is 7. The molecule has 130 valence electrons. The lowest BCUT2D eigenvalue weighted by molar-refractivity contribution is -0.139. The third-order valence-corrected chi connectivity index (χ3v) is 2.62. The molecule has 0 aromatic carbocycles. The van der Waals surface area contributed by atoms with Crippen LogP contribution in [0.1, 0.15) is 27.7 Å². The van der Waals surface area contributed by atoms with Gasteiger partial charge in [0.25, 0.3) is 0 Å². The maximum absolute atomic E-state index is 11.9. The normalized spacial score (nSPS) is 17.3. The monoisotopic (exact) mass is 323 g/mol. The van der Waals surface area contributed by atoms with Crippen LogP contribution in [-0.4, -0.2) is 85.6 Å². The number of carboxylic acids is 1. The van der Waals surface area contributed by atoms with Crippen LogP contribution in [0, 0.1) is 0 Å². The number of aliphatic hydroxyl groups excluding tert-OH is 4. The molecule has 0 rings (SSSR count). The Bertz CT molecular complexity index is 379. The lowest BCUT2D eigenvalue weighted by Crippen LogP contribution is -2.51. The van der Waals surface area contributed by atoms with Crippen LogP contribution in [0.25, 0.3) is 0 Å². The fourth-order valence-electron chi connectivity index (χ4n) is 1.54. The minimum absolute atomic E-state index is 0.577. The number of rotatable bonds is 7. The van der Waals surface area contributed by atoms with E-state index >= 15 is 0 Å². The second-order valence-corrected chi connectivity index (χ2v) is 6.04. The van der Waals surface area contributed by atoms with E-state index in [1.165, 1.54) is 6.92 Å². The predicted octanol–water partition coefficient (Wildman–Crippen LogP) is -1.23. The molecular weight excluding hydrogens is 298 g/mol. The van der Waals surface area contributed by atoms with Gasteiger partial charge in [-0.1, -0.05) is 0 Å². The maximum atomic E-state index is 11.9. The van der Waals surface area contributed by atoms with Gasteiger partial charge in [0.2, 0.25) is 0 Å². The van der Waals surface area contributed by atoms with Crippen molar-refractivity contribution in [3.05, 3.63) is 0 Å². The first-order chi connectivity index (χ1) is 9.85. The Morgan fingerprint density at radius 1 is 1.09 bits per heavy atom. The van der Waals surface area contributed by atoms with Crippen molar-refractivity contribution in [1.82, 2.24) is 4.90 Å². The summed E-state index contributed by atoms with van der Waals surface area (Å²) in [5.41, 5.74) is -0.865. The summed E-state index contributed by atoms with van der Waals surface area (Å²) in [4.78, 5) is 23.4. The molecule has 9 nitrogen and oxygen atoms in total. The van der Waals surface area contributed by atoms with Crippen molar-refractivity contribution in [1.29, 1.82) is 0 Å². The highest BCUT2D eigenvalue weighted by atomic mass is 16.6. The number of amides is 1. The van der Waals surface area contributed by atoms with Gasteiger partial charge < -0.3 is 30.3 Å². The molecule has 0 heterocycles. The minimum atomic E-state index is -1.75. The quantitative estimate of drug-likeness (QED) is 0.391. The topological polar surface area (TPSA) is 148 Å². The van der Waals surface area contributed by atoms with Gasteiger partial charge in [0.05, 0.1) is 12.6 Å². The number of carboxylic acid groups (broad SMARTS) is 1. The highest BCUT2D eigenvalue weighted by Gasteiger charge is 2.32. The maximum Gasteiger partial charge on any atom is 0.410 e. The van der Waals surface area contributed by atoms with E-state index in [0.29, 0.717) is 4.90 Å². The summed E-state index contributed by atoms with van der Waals surface area (Å²) >= 11 is 0. The molecule has 0 aromatic heterocycles. The van der Waals surface area contributed by atoms with Crippen LogP contribution in [0.5, 0.6) is 0 Å². The van der Waals surface area contributed by atoms with Crippen LogP contribution in [-0.2, 0) is 9.53 Å². The summed E-state index contributed by atoms with van der Waals surface area (Å²) in [5, 5.41) is 46.9. The molecule has 0 spiro atoms. The molecule has 4 unspecified atom stereocenters. The van der Waals surface area contributed by atoms with E-state index in [-0.39, 0.29) is 0 Å². The van der Waals surface area contributed by atoms with Crippen molar-refractivity contribution in [3.8, 4) is 0 Å². The van der Waals surface area contributed by atoms with Gasteiger partial charge in [0.15, 0.2) is 0 Å². The molecule has 0 fully saturated rings. The molecule has 0 aliphatic rings. The van der Waals surface area contributed by atoms with Crippen LogP contribution >= 0.6 is 0 Å². The van der Waals surface area contributed by atoms with Crippen LogP contribution in [0.15, 0.2) is 0 Å². The Hall–Kier alpha value is -1.42. The minimum Gasteiger partial charge on any atom is -0.480 e. The number of ether oxygens (including phenoxy) is 1. The molecule has 0 aliphatic heterocycles. The number of carbonyl (C=O) groups excluding carboxylic acids is 1. The molecule has 4 atom stereocenters. The lowest BCUT2D eigenvalue weighted by atomic mass is 10.0. The van der Waals surface area contributed by atoms with Crippen molar-refractivity contribution in [3.63, 3.8) is 0 Å². The summed E-state index contributed by atoms with van der Waals surface area (Å²) in [6, 6.07) is 0. The molecule has 9 heteroatoms. The van der Waals surface area contributed by atoms with Gasteiger partial charge in [-0.3, -0.25) is 9.69 Å². The summed E-state index contributed by atoms with van der Waals surface area (Å²) < 4.78 is 5.01. The number of aliphatic hydroxyl groups is 4. The van der Waals surface area contributed by atoms with Gasteiger partial charge in [-0.2, -0.15) is 0 Å². The van der Waals surface area contributed by atoms with Gasteiger partial charge in [-0.25, -0.2) is 4.79 Å². The van der Waals surface area contributed by atoms with E-state index in [2.05, 4.69) is 0 Å². The zero-order chi connectivity index (χ0) is 17.7. The van der Waals surface area contributed by atoms with E-state index in [1.54, 1.807) is 20.8 Å². The smallest absolute Gasteiger partial charge is 0.410 e. The highest BCUT2D eigenvalue weighted by molar-refractivity contribution is 5.76. The zero-order valence-corrected chi connectivity index (χ0v) is 13.1. The number of nitrogens with zero attached hydrogens (tertiary/aromatic N) is 1. The fourth-order valence-corrected chi connectivity index (χ4v) is 1.54. The van der Waals surface area contributed by atoms with Gasteiger partial charge in [0, 0.05) is 0 Å². The lowest BCUT2D eigenvalue weighted by Gasteiger charge is -2.30. The highest BCUT2D eigenvalue weighted by Crippen LogP contribution is 2.12. The Labute approximate surface area is 128 Å². The van der Waals surface area contributed by atoms with E-state index in [9.17, 15) is 24.9 Å². The van der Waals surface area contributed by atoms with E-state index in [0.717, 1.165) is 0 Å². The van der Waals surface area contributed by atoms with Crippen molar-refractivity contribution in [2.75, 3.05) is 13.1 Å². The predicted molar refractivity (Wildman–Crippen MR) is 75.1 cm³/mol. The molecule has 22 heavy (non-hydrogen) atoms. The Balaban J connectivity index is 4.91. The first-order valence-corrected chi connectivity index (χ1v) is 6.77. The second kappa shape index (κ2) is 8.28. The first-order valence-electron chi connectivity index (χ1n) is 6.77. The molecule has 1 amide bonds. The standard InChI is InChI=1S/C13H25NO8/c1-7(15)10(19)11(20)8(16)5-14(6-9(17)18)12(21)22-13(2,3)4/h7-8,10-11,15-16,19-20H,5-6H2,1-4H3,(H,17,18). The molecule has 0 saturated heterocycles. The molecule has 0 aliphatic carbocycles. The summed E-state index contributed by atoms with van der Waals surface area (Å²) in [6.07, 6.45) is -7.33. The molecule has 0 radical (unpaired) electrons. The third kappa shape index (κ3) is 7.55. The van der Waals surface area contributed by atoms with E-state index in [1.807, 2.05) is 0 Å². The molecular formula is C13H25NO8. The number of aliphatic carboxylic acids is 1. The Kier molecular flexibility index (Phi) is 7.74. The zero-order valence-electron chi connectivity index (χ0n) is 13.1. The van der Waals surface area contributed by atoms with Crippen LogP contribution in [0.2, 0.25) is 0 Å². The average Bonchev–Trinajstić information content (AvgIpc) is 2.33. The third-order valence-electron chi connectivity index (χ3n) is 2.62. The van der Waals surface area contributed by atoms with Crippen molar-refractivity contribution in [2.45, 2.75) is 57.7 Å². The Morgan fingerprint density at radius 2 is 1.59 bits per heavy atom. The van der Waals surface area contributed by atoms with Crippen LogP contribution < -0.4 is 0 Å². The van der Waals surface area contributed by atoms with Crippen LogP contribution in [0.3, 0.4) is 0 Å². The summed E-state index contributed by atoms with van der Waals surface area (Å²) in [6.45, 7) is 4.66. The van der Waals surface area contributed by atoms with Gasteiger partial charge >= 0.3 is 12.1 Å². The summed E-state index contributed by atoms with van der Waals surface area (Å²) in [7, 11) is 0. The van der Waals surface area contributed by atoms with Gasteiger partial charge in [0.1, 0.15) is 30.5 Å². The largest absolute Gasteiger partial charge is 0.480 e. The number of hydrogen-bond donors (Lipinski definition) is 5. The van der Waals surface area contributed by atoms with Crippen molar-refractivity contribution < 1.29 is 39.9 Å². The second-order valence-electron chi connectivity index (χ2n) is 6.04. The molecule has 0 aromatic rings. The molecule has 0 bridgehead atoms. The molecule has 0 saturated carbocycles. The van der Waals surface area contributed by atoms with Crippen LogP contribution in [0.4, 0.5) is 4.79 Å². The summed E-state index contributed by atoms with van der Waals surface area (Å²) in [5.74, 6) is -1.33. The molecule has 5 N–H and O–H groups in total. The number of carbonyl (C=O) groups is 2. The Morgan fingerprint density at radius 3 is 1.95 bits per heavy atom. The van der Waals surface area contributed by atoms with E-state index in [4.69, 9.17) is 14.9 Å². The SMILES string of the molecule is CC(O)C(O)C(O)C(O)CN(CC(=O)O)C(=O)OC(C)(C)C. The van der Waals surface area contributed by atoms with Crippen molar-refractivity contribution in [2.24, 2.45) is 0 Å². The first kappa shape index (κ1) is 20.6. The van der Waals surface area contributed by atoms with Gasteiger partial charge in [-0.05, 0) is 27.7 Å². The van der Waals surface area contributed by atoms with Crippen molar-refractivity contribution >= 4 is 12.1 Å². The van der Waals surface area contributed by atoms with E-state index < -0.39 is 55.2 Å². The van der Waals surface area contributed by atoms with Gasteiger partial charge in [-0.15, -0.1) is 0 Å².